The lowest BCUT2D eigenvalue weighted by Gasteiger charge is -2.11. The highest BCUT2D eigenvalue weighted by atomic mass is 79.9. The molecule has 1 heterocycles. The van der Waals surface area contributed by atoms with Crippen molar-refractivity contribution in [2.75, 3.05) is 28.2 Å². The van der Waals surface area contributed by atoms with Gasteiger partial charge in [0, 0.05) is 44.2 Å². The van der Waals surface area contributed by atoms with E-state index in [1.807, 2.05) is 18.2 Å². The second-order valence-electron chi connectivity index (χ2n) is 4.92. The minimum atomic E-state index is -0.189. The Bertz CT molecular complexity index is 689. The number of rotatable bonds is 1. The summed E-state index contributed by atoms with van der Waals surface area (Å²) in [6.07, 6.45) is 1.60. The highest BCUT2D eigenvalue weighted by Crippen LogP contribution is 2.30. The van der Waals surface area contributed by atoms with Crippen molar-refractivity contribution < 1.29 is 9.59 Å². The number of carbonyl (C=O) groups excluding carboxylic acids is 2. The van der Waals surface area contributed by atoms with Crippen molar-refractivity contribution in [3.05, 3.63) is 34.4 Å². The molecule has 2 rings (SSSR count). The van der Waals surface area contributed by atoms with Crippen LogP contribution in [-0.2, 0) is 0 Å². The first-order valence-electron chi connectivity index (χ1n) is 6.07. The van der Waals surface area contributed by atoms with E-state index in [1.165, 1.54) is 14.4 Å². The highest BCUT2D eigenvalue weighted by Gasteiger charge is 2.21. The molecule has 2 amide bonds. The minimum absolute atomic E-state index is 0.132. The maximum Gasteiger partial charge on any atom is 0.328 e. The zero-order valence-corrected chi connectivity index (χ0v) is 13.4. The molecule has 0 aliphatic rings. The Morgan fingerprint density at radius 3 is 2.30 bits per heavy atom. The number of benzene rings is 1. The van der Waals surface area contributed by atoms with E-state index in [9.17, 15) is 9.59 Å². The van der Waals surface area contributed by atoms with Crippen LogP contribution in [0.3, 0.4) is 0 Å². The van der Waals surface area contributed by atoms with Crippen LogP contribution in [0, 0.1) is 0 Å². The Morgan fingerprint density at radius 2 is 1.75 bits per heavy atom. The molecule has 6 heteroatoms. The number of amides is 2. The van der Waals surface area contributed by atoms with Crippen LogP contribution in [0.4, 0.5) is 4.79 Å². The third kappa shape index (κ3) is 2.31. The number of carbonyl (C=O) groups is 2. The van der Waals surface area contributed by atoms with Crippen molar-refractivity contribution in [2.45, 2.75) is 0 Å². The highest BCUT2D eigenvalue weighted by molar-refractivity contribution is 9.10. The van der Waals surface area contributed by atoms with Crippen molar-refractivity contribution in [3.8, 4) is 0 Å². The number of nitrogens with zero attached hydrogens (tertiary/aromatic N) is 3. The van der Waals surface area contributed by atoms with Crippen LogP contribution in [0.2, 0.25) is 0 Å². The molecule has 0 bridgehead atoms. The Kier molecular flexibility index (Phi) is 3.85. The molecular weight excluding hydrogens is 322 g/mol. The van der Waals surface area contributed by atoms with Gasteiger partial charge in [0.1, 0.15) is 0 Å². The molecule has 0 fully saturated rings. The van der Waals surface area contributed by atoms with E-state index < -0.39 is 0 Å². The summed E-state index contributed by atoms with van der Waals surface area (Å²) in [5.41, 5.74) is 1.22. The number of hydrogen-bond acceptors (Lipinski definition) is 2. The van der Waals surface area contributed by atoms with Crippen molar-refractivity contribution in [1.29, 1.82) is 0 Å². The molecule has 20 heavy (non-hydrogen) atoms. The molecule has 5 nitrogen and oxygen atoms in total. The van der Waals surface area contributed by atoms with Crippen molar-refractivity contribution >= 4 is 38.8 Å². The normalized spacial score (nSPS) is 10.7. The summed E-state index contributed by atoms with van der Waals surface area (Å²) in [7, 11) is 6.74. The van der Waals surface area contributed by atoms with Gasteiger partial charge in [0.25, 0.3) is 5.91 Å². The molecule has 0 saturated heterocycles. The Hall–Kier alpha value is -1.82. The van der Waals surface area contributed by atoms with E-state index in [-0.39, 0.29) is 11.9 Å². The molecule has 0 saturated carbocycles. The first-order chi connectivity index (χ1) is 9.34. The van der Waals surface area contributed by atoms with Crippen LogP contribution in [0.25, 0.3) is 10.9 Å². The molecule has 0 spiro atoms. The van der Waals surface area contributed by atoms with E-state index in [0.29, 0.717) is 11.1 Å². The van der Waals surface area contributed by atoms with Gasteiger partial charge in [0.2, 0.25) is 0 Å². The van der Waals surface area contributed by atoms with E-state index in [4.69, 9.17) is 0 Å². The summed E-state index contributed by atoms with van der Waals surface area (Å²) in [4.78, 5) is 27.5. The number of halogens is 1. The number of fused-ring (bicyclic) bond motifs is 1. The van der Waals surface area contributed by atoms with Gasteiger partial charge in [-0.05, 0) is 12.1 Å². The van der Waals surface area contributed by atoms with Gasteiger partial charge in [0.05, 0.1) is 11.1 Å². The van der Waals surface area contributed by atoms with Gasteiger partial charge in [-0.1, -0.05) is 22.0 Å². The molecule has 1 aromatic heterocycles. The predicted octanol–water partition coefficient (Wildman–Crippen LogP) is 2.64. The van der Waals surface area contributed by atoms with Crippen LogP contribution in [0.15, 0.2) is 28.9 Å². The predicted molar refractivity (Wildman–Crippen MR) is 82.1 cm³/mol. The Labute approximate surface area is 125 Å². The standard InChI is InChI=1S/C14H16BrN3O2/c1-16(2)13(19)9-8-18(14(20)17(3)4)11-7-5-6-10(15)12(9)11/h5-8H,1-4H3. The van der Waals surface area contributed by atoms with Gasteiger partial charge in [0.15, 0.2) is 0 Å². The molecule has 1 aromatic carbocycles. The fourth-order valence-electron chi connectivity index (χ4n) is 2.02. The number of hydrogen-bond donors (Lipinski definition) is 0. The second kappa shape index (κ2) is 5.28. The van der Waals surface area contributed by atoms with Gasteiger partial charge < -0.3 is 9.80 Å². The van der Waals surface area contributed by atoms with Gasteiger partial charge in [-0.2, -0.15) is 0 Å². The minimum Gasteiger partial charge on any atom is -0.345 e. The summed E-state index contributed by atoms with van der Waals surface area (Å²) >= 11 is 3.46. The molecule has 106 valence electrons. The zero-order valence-electron chi connectivity index (χ0n) is 11.8. The van der Waals surface area contributed by atoms with Crippen LogP contribution in [0.1, 0.15) is 10.4 Å². The fraction of sp³-hybridized carbons (Fsp3) is 0.286. The number of aromatic nitrogens is 1. The summed E-state index contributed by atoms with van der Waals surface area (Å²) < 4.78 is 2.29. The lowest BCUT2D eigenvalue weighted by molar-refractivity contribution is 0.0829. The van der Waals surface area contributed by atoms with Crippen molar-refractivity contribution in [2.24, 2.45) is 0 Å². The largest absolute Gasteiger partial charge is 0.345 e. The molecular formula is C14H16BrN3O2. The second-order valence-corrected chi connectivity index (χ2v) is 5.78. The Balaban J connectivity index is 2.77. The van der Waals surface area contributed by atoms with Gasteiger partial charge >= 0.3 is 6.03 Å². The summed E-state index contributed by atoms with van der Waals surface area (Å²) in [6, 6.07) is 5.34. The maximum atomic E-state index is 12.3. The molecule has 0 atom stereocenters. The molecule has 0 aliphatic heterocycles. The topological polar surface area (TPSA) is 45.6 Å². The smallest absolute Gasteiger partial charge is 0.328 e. The average molecular weight is 338 g/mol. The van der Waals surface area contributed by atoms with Crippen LogP contribution < -0.4 is 0 Å². The maximum absolute atomic E-state index is 12.3. The fourth-order valence-corrected chi connectivity index (χ4v) is 2.59. The molecule has 0 aliphatic carbocycles. The first kappa shape index (κ1) is 14.6. The summed E-state index contributed by atoms with van der Waals surface area (Å²) in [6.45, 7) is 0. The summed E-state index contributed by atoms with van der Waals surface area (Å²) in [5.74, 6) is -0.132. The molecule has 0 N–H and O–H groups in total. The van der Waals surface area contributed by atoms with Gasteiger partial charge in [-0.25, -0.2) is 4.79 Å². The monoisotopic (exact) mass is 337 g/mol. The third-order valence-corrected chi connectivity index (χ3v) is 3.66. The average Bonchev–Trinajstić information content (AvgIpc) is 2.77. The molecule has 0 radical (unpaired) electrons. The lowest BCUT2D eigenvalue weighted by Crippen LogP contribution is -2.27. The van der Waals surface area contributed by atoms with E-state index in [1.54, 1.807) is 34.4 Å². The zero-order chi connectivity index (χ0) is 15.0. The lowest BCUT2D eigenvalue weighted by atomic mass is 10.1. The van der Waals surface area contributed by atoms with E-state index >= 15 is 0 Å². The first-order valence-corrected chi connectivity index (χ1v) is 6.86. The summed E-state index contributed by atoms with van der Waals surface area (Å²) in [5, 5.41) is 0.751. The van der Waals surface area contributed by atoms with Crippen molar-refractivity contribution in [1.82, 2.24) is 14.4 Å². The SMILES string of the molecule is CN(C)C(=O)c1cn(C(=O)N(C)C)c2cccc(Br)c12. The van der Waals surface area contributed by atoms with E-state index in [2.05, 4.69) is 15.9 Å². The van der Waals surface area contributed by atoms with Crippen molar-refractivity contribution in [3.63, 3.8) is 0 Å². The van der Waals surface area contributed by atoms with E-state index in [0.717, 1.165) is 9.86 Å². The third-order valence-electron chi connectivity index (χ3n) is 3.00. The quantitative estimate of drug-likeness (QED) is 0.802. The van der Waals surface area contributed by atoms with Gasteiger partial charge in [-0.3, -0.25) is 9.36 Å². The Morgan fingerprint density at radius 1 is 1.10 bits per heavy atom. The van der Waals surface area contributed by atoms with Gasteiger partial charge in [-0.15, -0.1) is 0 Å². The molecule has 0 unspecified atom stereocenters. The van der Waals surface area contributed by atoms with Crippen LogP contribution in [0.5, 0.6) is 0 Å². The van der Waals surface area contributed by atoms with Crippen LogP contribution >= 0.6 is 15.9 Å². The molecule has 2 aromatic rings. The van der Waals surface area contributed by atoms with Crippen LogP contribution in [-0.4, -0.2) is 54.5 Å².